The molecule has 6 aromatic rings. The monoisotopic (exact) mass is 505 g/mol. The molecule has 1 N–H and O–H groups in total. The van der Waals surface area contributed by atoms with E-state index in [2.05, 4.69) is 65.6 Å². The van der Waals surface area contributed by atoms with Crippen molar-refractivity contribution in [2.45, 2.75) is 38.9 Å². The Bertz CT molecular complexity index is 1710. The van der Waals surface area contributed by atoms with Gasteiger partial charge in [0.05, 0.1) is 11.2 Å². The Morgan fingerprint density at radius 2 is 1.54 bits per heavy atom. The quantitative estimate of drug-likeness (QED) is 0.246. The fourth-order valence-corrected chi connectivity index (χ4v) is 5.57. The molecular formula is C31H28BNO3S. The van der Waals surface area contributed by atoms with Crippen LogP contribution >= 0.6 is 11.3 Å². The summed E-state index contributed by atoms with van der Waals surface area (Å²) in [5, 5.41) is 12.9. The fourth-order valence-electron chi connectivity index (χ4n) is 4.39. The number of hydrogen-bond acceptors (Lipinski definition) is 5. The SMILES string of the molecule is CC(C)(O)C(C)(C)OBc1cccc2c1sc1ccc(-c3ccc(-c4nc5ccccc5o4)cc3)cc12. The van der Waals surface area contributed by atoms with E-state index in [-0.39, 0.29) is 0 Å². The van der Waals surface area contributed by atoms with E-state index in [1.54, 1.807) is 25.2 Å². The van der Waals surface area contributed by atoms with Crippen LogP contribution in [0.25, 0.3) is 53.9 Å². The predicted octanol–water partition coefficient (Wildman–Crippen LogP) is 7.07. The molecule has 6 heteroatoms. The van der Waals surface area contributed by atoms with Gasteiger partial charge in [0.1, 0.15) is 5.52 Å². The maximum absolute atomic E-state index is 10.5. The first-order chi connectivity index (χ1) is 17.7. The number of thiophene rings is 1. The Kier molecular flexibility index (Phi) is 5.72. The van der Waals surface area contributed by atoms with Crippen molar-refractivity contribution >= 4 is 55.6 Å². The normalized spacial score (nSPS) is 12.6. The number of rotatable bonds is 6. The summed E-state index contributed by atoms with van der Waals surface area (Å²) in [5.41, 5.74) is 4.47. The lowest BCUT2D eigenvalue weighted by atomic mass is 9.82. The summed E-state index contributed by atoms with van der Waals surface area (Å²) in [6.07, 6.45) is 0. The number of aliphatic hydroxyl groups is 1. The molecule has 0 spiro atoms. The van der Waals surface area contributed by atoms with Gasteiger partial charge in [-0.3, -0.25) is 0 Å². The molecule has 0 radical (unpaired) electrons. The van der Waals surface area contributed by atoms with Gasteiger partial charge in [0.25, 0.3) is 0 Å². The number of nitrogens with zero attached hydrogens (tertiary/aromatic N) is 1. The van der Waals surface area contributed by atoms with E-state index in [0.717, 1.165) is 27.7 Å². The molecule has 0 aliphatic rings. The molecule has 6 rings (SSSR count). The Hall–Kier alpha value is -3.45. The summed E-state index contributed by atoms with van der Waals surface area (Å²) in [5.74, 6) is 0.634. The smallest absolute Gasteiger partial charge is 0.310 e. The first-order valence-electron chi connectivity index (χ1n) is 12.5. The van der Waals surface area contributed by atoms with Crippen LogP contribution in [0.5, 0.6) is 0 Å². The Labute approximate surface area is 220 Å². The van der Waals surface area contributed by atoms with Crippen molar-refractivity contribution in [1.82, 2.24) is 4.98 Å². The standard InChI is InChI=1S/C31H28BNO3S/c1-30(2,34)31(3,4)36-32-24-9-7-8-22-23-18-21(16-17-27(23)37-28(22)24)19-12-14-20(15-13-19)29-33-25-10-5-6-11-26(25)35-29/h5-18,32,34H,1-4H3. The molecule has 2 aromatic heterocycles. The van der Waals surface area contributed by atoms with Gasteiger partial charge in [0.15, 0.2) is 5.58 Å². The van der Waals surface area contributed by atoms with Crippen molar-refractivity contribution in [2.24, 2.45) is 0 Å². The Balaban J connectivity index is 1.32. The highest BCUT2D eigenvalue weighted by Gasteiger charge is 2.35. The number of benzene rings is 4. The van der Waals surface area contributed by atoms with E-state index in [9.17, 15) is 5.11 Å². The lowest BCUT2D eigenvalue weighted by Crippen LogP contribution is -2.49. The van der Waals surface area contributed by atoms with Crippen LogP contribution in [0.3, 0.4) is 0 Å². The van der Waals surface area contributed by atoms with Crippen molar-refractivity contribution in [1.29, 1.82) is 0 Å². The van der Waals surface area contributed by atoms with Crippen LogP contribution in [0.1, 0.15) is 27.7 Å². The van der Waals surface area contributed by atoms with E-state index in [0.29, 0.717) is 13.4 Å². The average Bonchev–Trinajstić information content (AvgIpc) is 3.48. The van der Waals surface area contributed by atoms with Gasteiger partial charge in [-0.1, -0.05) is 48.5 Å². The topological polar surface area (TPSA) is 55.5 Å². The maximum Gasteiger partial charge on any atom is 0.310 e. The summed E-state index contributed by atoms with van der Waals surface area (Å²) in [6.45, 7) is 7.43. The molecule has 4 aromatic carbocycles. The molecule has 0 aliphatic carbocycles. The number of para-hydroxylation sites is 2. The van der Waals surface area contributed by atoms with E-state index in [4.69, 9.17) is 9.07 Å². The predicted molar refractivity (Wildman–Crippen MR) is 156 cm³/mol. The first-order valence-corrected chi connectivity index (χ1v) is 13.3. The zero-order chi connectivity index (χ0) is 25.8. The molecule has 0 saturated carbocycles. The zero-order valence-corrected chi connectivity index (χ0v) is 22.2. The number of fused-ring (bicyclic) bond motifs is 4. The van der Waals surface area contributed by atoms with Crippen LogP contribution in [0.15, 0.2) is 89.3 Å². The molecule has 4 nitrogen and oxygen atoms in total. The molecule has 0 unspecified atom stereocenters. The van der Waals surface area contributed by atoms with Gasteiger partial charge in [-0.2, -0.15) is 0 Å². The number of hydrogen-bond donors (Lipinski definition) is 1. The number of oxazole rings is 1. The van der Waals surface area contributed by atoms with Crippen LogP contribution in [0, 0.1) is 0 Å². The summed E-state index contributed by atoms with van der Waals surface area (Å²) in [6, 6.07) is 29.2. The van der Waals surface area contributed by atoms with E-state index in [1.807, 2.05) is 38.1 Å². The van der Waals surface area contributed by atoms with Gasteiger partial charge >= 0.3 is 7.48 Å². The third-order valence-corrected chi connectivity index (χ3v) is 8.66. The largest absolute Gasteiger partial charge is 0.436 e. The molecule has 2 heterocycles. The van der Waals surface area contributed by atoms with Crippen molar-refractivity contribution in [3.05, 3.63) is 84.9 Å². The minimum atomic E-state index is -0.939. The van der Waals surface area contributed by atoms with Gasteiger partial charge in [0.2, 0.25) is 5.89 Å². The van der Waals surface area contributed by atoms with Crippen molar-refractivity contribution in [3.8, 4) is 22.6 Å². The van der Waals surface area contributed by atoms with E-state index in [1.165, 1.54) is 25.7 Å². The molecule has 0 fully saturated rings. The molecular weight excluding hydrogens is 477 g/mol. The third-order valence-electron chi connectivity index (χ3n) is 7.40. The second-order valence-corrected chi connectivity index (χ2v) is 11.6. The second-order valence-electron chi connectivity index (χ2n) is 10.5. The highest BCUT2D eigenvalue weighted by Crippen LogP contribution is 2.36. The van der Waals surface area contributed by atoms with E-state index >= 15 is 0 Å². The van der Waals surface area contributed by atoms with Crippen molar-refractivity contribution < 1.29 is 14.2 Å². The molecule has 0 bridgehead atoms. The van der Waals surface area contributed by atoms with Crippen LogP contribution in [-0.2, 0) is 4.65 Å². The second kappa shape index (κ2) is 8.84. The number of aromatic nitrogens is 1. The summed E-state index contributed by atoms with van der Waals surface area (Å²) < 4.78 is 14.6. The van der Waals surface area contributed by atoms with Crippen LogP contribution in [0.4, 0.5) is 0 Å². The first kappa shape index (κ1) is 23.9. The highest BCUT2D eigenvalue weighted by molar-refractivity contribution is 7.27. The van der Waals surface area contributed by atoms with Crippen molar-refractivity contribution in [3.63, 3.8) is 0 Å². The van der Waals surface area contributed by atoms with Crippen LogP contribution in [0.2, 0.25) is 0 Å². The summed E-state index contributed by atoms with van der Waals surface area (Å²) in [4.78, 5) is 4.62. The van der Waals surface area contributed by atoms with Gasteiger partial charge in [-0.25, -0.2) is 4.98 Å². The van der Waals surface area contributed by atoms with Crippen LogP contribution in [-0.4, -0.2) is 28.8 Å². The summed E-state index contributed by atoms with van der Waals surface area (Å²) >= 11 is 1.79. The molecule has 0 amide bonds. The minimum Gasteiger partial charge on any atom is -0.436 e. The average molecular weight is 505 g/mol. The van der Waals surface area contributed by atoms with Gasteiger partial charge in [-0.05, 0) is 86.1 Å². The van der Waals surface area contributed by atoms with Crippen LogP contribution < -0.4 is 5.46 Å². The van der Waals surface area contributed by atoms with Gasteiger partial charge in [0, 0.05) is 20.3 Å². The lowest BCUT2D eigenvalue weighted by Gasteiger charge is -2.37. The Morgan fingerprint density at radius 3 is 2.30 bits per heavy atom. The Morgan fingerprint density at radius 1 is 0.811 bits per heavy atom. The summed E-state index contributed by atoms with van der Waals surface area (Å²) in [7, 11) is 0.450. The maximum atomic E-state index is 10.5. The third kappa shape index (κ3) is 4.35. The zero-order valence-electron chi connectivity index (χ0n) is 21.4. The van der Waals surface area contributed by atoms with Gasteiger partial charge in [-0.15, -0.1) is 11.3 Å². The minimum absolute atomic E-state index is 0.450. The van der Waals surface area contributed by atoms with Gasteiger partial charge < -0.3 is 14.2 Å². The molecule has 0 saturated heterocycles. The molecule has 0 atom stereocenters. The lowest BCUT2D eigenvalue weighted by molar-refractivity contribution is -0.0893. The molecule has 37 heavy (non-hydrogen) atoms. The van der Waals surface area contributed by atoms with E-state index < -0.39 is 11.2 Å². The van der Waals surface area contributed by atoms with Crippen molar-refractivity contribution in [2.75, 3.05) is 0 Å². The fraction of sp³-hybridized carbons (Fsp3) is 0.194. The molecule has 184 valence electrons. The molecule has 0 aliphatic heterocycles. The highest BCUT2D eigenvalue weighted by atomic mass is 32.1.